The Labute approximate surface area is 122 Å². The molecule has 0 saturated heterocycles. The molecule has 0 aliphatic rings. The van der Waals surface area contributed by atoms with Crippen molar-refractivity contribution in [2.75, 3.05) is 0 Å². The van der Waals surface area contributed by atoms with Crippen molar-refractivity contribution < 1.29 is 9.53 Å². The topological polar surface area (TPSA) is 67.0 Å². The van der Waals surface area contributed by atoms with Gasteiger partial charge in [0.2, 0.25) is 5.88 Å². The minimum atomic E-state index is -0.231. The summed E-state index contributed by atoms with van der Waals surface area (Å²) in [7, 11) is 0. The third kappa shape index (κ3) is 3.74. The summed E-state index contributed by atoms with van der Waals surface area (Å²) >= 11 is 6.04. The summed E-state index contributed by atoms with van der Waals surface area (Å²) in [6.07, 6.45) is 3.23. The molecule has 2 rings (SSSR count). The van der Waals surface area contributed by atoms with Crippen LogP contribution in [0.5, 0.6) is 5.88 Å². The Morgan fingerprint density at radius 3 is 2.95 bits per heavy atom. The zero-order valence-electron chi connectivity index (χ0n) is 11.3. The number of H-pyrrole nitrogens is 1. The van der Waals surface area contributed by atoms with Gasteiger partial charge in [0, 0.05) is 18.1 Å². The Balaban J connectivity index is 2.01. The van der Waals surface area contributed by atoms with Gasteiger partial charge in [-0.25, -0.2) is 4.98 Å². The molecular formula is C14H16ClN3O2. The molecule has 5 nitrogen and oxygen atoms in total. The van der Waals surface area contributed by atoms with Gasteiger partial charge in [-0.3, -0.25) is 4.79 Å². The maximum atomic E-state index is 12.0. The molecule has 6 heteroatoms. The first-order valence-corrected chi connectivity index (χ1v) is 6.66. The third-order valence-electron chi connectivity index (χ3n) is 2.52. The lowest BCUT2D eigenvalue weighted by Crippen LogP contribution is -2.23. The third-order valence-corrected chi connectivity index (χ3v) is 2.79. The van der Waals surface area contributed by atoms with E-state index in [9.17, 15) is 4.79 Å². The van der Waals surface area contributed by atoms with E-state index in [0.717, 1.165) is 5.69 Å². The molecule has 106 valence electrons. The molecule has 0 spiro atoms. The molecule has 2 heterocycles. The molecule has 2 N–H and O–H groups in total. The van der Waals surface area contributed by atoms with Crippen LogP contribution in [-0.2, 0) is 6.54 Å². The van der Waals surface area contributed by atoms with E-state index in [2.05, 4.69) is 15.3 Å². The van der Waals surface area contributed by atoms with Crippen molar-refractivity contribution in [1.82, 2.24) is 15.3 Å². The van der Waals surface area contributed by atoms with Crippen molar-refractivity contribution in [2.45, 2.75) is 26.5 Å². The summed E-state index contributed by atoms with van der Waals surface area (Å²) in [5, 5.41) is 3.10. The maximum absolute atomic E-state index is 12.0. The van der Waals surface area contributed by atoms with Gasteiger partial charge in [-0.05, 0) is 32.0 Å². The van der Waals surface area contributed by atoms with E-state index in [0.29, 0.717) is 23.0 Å². The zero-order valence-corrected chi connectivity index (χ0v) is 12.1. The molecule has 2 aromatic heterocycles. The number of aromatic amines is 1. The first kappa shape index (κ1) is 14.4. The fourth-order valence-electron chi connectivity index (χ4n) is 1.61. The smallest absolute Gasteiger partial charge is 0.253 e. The van der Waals surface area contributed by atoms with Gasteiger partial charge >= 0.3 is 0 Å². The summed E-state index contributed by atoms with van der Waals surface area (Å²) in [5.74, 6) is 0.104. The van der Waals surface area contributed by atoms with E-state index < -0.39 is 0 Å². The van der Waals surface area contributed by atoms with Crippen molar-refractivity contribution >= 4 is 17.5 Å². The number of amides is 1. The summed E-state index contributed by atoms with van der Waals surface area (Å²) in [5.41, 5.74) is 1.33. The second kappa shape index (κ2) is 6.43. The van der Waals surface area contributed by atoms with Crippen molar-refractivity contribution in [3.63, 3.8) is 0 Å². The lowest BCUT2D eigenvalue weighted by molar-refractivity contribution is 0.0950. The summed E-state index contributed by atoms with van der Waals surface area (Å²) in [6, 6.07) is 5.32. The maximum Gasteiger partial charge on any atom is 0.253 e. The highest BCUT2D eigenvalue weighted by atomic mass is 35.5. The number of pyridine rings is 1. The van der Waals surface area contributed by atoms with Crippen molar-refractivity contribution in [1.29, 1.82) is 0 Å². The number of ether oxygens (including phenoxy) is 1. The number of hydrogen-bond acceptors (Lipinski definition) is 3. The molecule has 0 radical (unpaired) electrons. The molecule has 0 aliphatic heterocycles. The number of aromatic nitrogens is 2. The number of rotatable bonds is 5. The Morgan fingerprint density at radius 1 is 1.55 bits per heavy atom. The average molecular weight is 294 g/mol. The SMILES string of the molecule is CC(C)Oc1ncc(C(=O)NCc2ccc[nH]2)cc1Cl. The second-order valence-electron chi connectivity index (χ2n) is 4.56. The Morgan fingerprint density at radius 2 is 2.35 bits per heavy atom. The highest BCUT2D eigenvalue weighted by Crippen LogP contribution is 2.23. The number of nitrogens with one attached hydrogen (secondary N) is 2. The standard InChI is InChI=1S/C14H16ClN3O2/c1-9(2)20-14-12(15)6-10(7-18-14)13(19)17-8-11-4-3-5-16-11/h3-7,9,16H,8H2,1-2H3,(H,17,19). The number of halogens is 1. The van der Waals surface area contributed by atoms with Gasteiger partial charge in [0.1, 0.15) is 5.02 Å². The molecule has 0 aliphatic carbocycles. The molecule has 20 heavy (non-hydrogen) atoms. The van der Waals surface area contributed by atoms with Crippen LogP contribution >= 0.6 is 11.6 Å². The Hall–Kier alpha value is -2.01. The predicted octanol–water partition coefficient (Wildman–Crippen LogP) is 2.78. The van der Waals surface area contributed by atoms with Crippen LogP contribution in [0.2, 0.25) is 5.02 Å². The van der Waals surface area contributed by atoms with Crippen LogP contribution in [-0.4, -0.2) is 22.0 Å². The van der Waals surface area contributed by atoms with E-state index in [4.69, 9.17) is 16.3 Å². The van der Waals surface area contributed by atoms with E-state index in [-0.39, 0.29) is 12.0 Å². The number of nitrogens with zero attached hydrogens (tertiary/aromatic N) is 1. The molecule has 0 saturated carbocycles. The minimum absolute atomic E-state index is 0.0208. The summed E-state index contributed by atoms with van der Waals surface area (Å²) < 4.78 is 5.42. The van der Waals surface area contributed by atoms with Gasteiger partial charge in [-0.1, -0.05) is 11.6 Å². The van der Waals surface area contributed by atoms with Gasteiger partial charge in [0.15, 0.2) is 0 Å². The largest absolute Gasteiger partial charge is 0.474 e. The van der Waals surface area contributed by atoms with Crippen molar-refractivity contribution in [3.05, 3.63) is 46.9 Å². The monoisotopic (exact) mass is 293 g/mol. The lowest BCUT2D eigenvalue weighted by atomic mass is 10.2. The highest BCUT2D eigenvalue weighted by Gasteiger charge is 2.11. The van der Waals surface area contributed by atoms with Crippen molar-refractivity contribution in [3.8, 4) is 5.88 Å². The van der Waals surface area contributed by atoms with Gasteiger partial charge in [0.25, 0.3) is 5.91 Å². The predicted molar refractivity (Wildman–Crippen MR) is 77.0 cm³/mol. The molecule has 0 bridgehead atoms. The Kier molecular flexibility index (Phi) is 4.63. The highest BCUT2D eigenvalue weighted by molar-refractivity contribution is 6.32. The summed E-state index contributed by atoms with van der Waals surface area (Å²) in [4.78, 5) is 19.0. The van der Waals surface area contributed by atoms with E-state index >= 15 is 0 Å². The van der Waals surface area contributed by atoms with Gasteiger partial charge in [-0.15, -0.1) is 0 Å². The van der Waals surface area contributed by atoms with Gasteiger partial charge in [-0.2, -0.15) is 0 Å². The van der Waals surface area contributed by atoms with Crippen LogP contribution in [0.15, 0.2) is 30.6 Å². The lowest BCUT2D eigenvalue weighted by Gasteiger charge is -2.11. The first-order chi connectivity index (χ1) is 9.56. The molecule has 0 unspecified atom stereocenters. The quantitative estimate of drug-likeness (QED) is 0.891. The molecule has 2 aromatic rings. The van der Waals surface area contributed by atoms with Crippen molar-refractivity contribution in [2.24, 2.45) is 0 Å². The van der Waals surface area contributed by atoms with Crippen LogP contribution in [0.25, 0.3) is 0 Å². The van der Waals surface area contributed by atoms with E-state index in [1.54, 1.807) is 12.3 Å². The summed E-state index contributed by atoms with van der Waals surface area (Å²) in [6.45, 7) is 4.19. The van der Waals surface area contributed by atoms with Gasteiger partial charge < -0.3 is 15.0 Å². The number of carbonyl (C=O) groups is 1. The fraction of sp³-hybridized carbons (Fsp3) is 0.286. The van der Waals surface area contributed by atoms with E-state index in [1.807, 2.05) is 26.0 Å². The number of hydrogen-bond donors (Lipinski definition) is 2. The molecule has 1 amide bonds. The van der Waals surface area contributed by atoms with Crippen LogP contribution in [0.4, 0.5) is 0 Å². The number of carbonyl (C=O) groups excluding carboxylic acids is 1. The minimum Gasteiger partial charge on any atom is -0.474 e. The van der Waals surface area contributed by atoms with Crippen LogP contribution in [0, 0.1) is 0 Å². The van der Waals surface area contributed by atoms with Gasteiger partial charge in [0.05, 0.1) is 18.2 Å². The first-order valence-electron chi connectivity index (χ1n) is 6.29. The van der Waals surface area contributed by atoms with Crippen LogP contribution in [0.1, 0.15) is 29.9 Å². The zero-order chi connectivity index (χ0) is 14.5. The molecule has 0 fully saturated rings. The Bertz CT molecular complexity index is 582. The molecular weight excluding hydrogens is 278 g/mol. The second-order valence-corrected chi connectivity index (χ2v) is 4.96. The average Bonchev–Trinajstić information content (AvgIpc) is 2.91. The molecule has 0 aromatic carbocycles. The molecule has 0 atom stereocenters. The normalized spacial score (nSPS) is 10.6. The van der Waals surface area contributed by atoms with E-state index in [1.165, 1.54) is 6.20 Å². The van der Waals surface area contributed by atoms with Crippen LogP contribution in [0.3, 0.4) is 0 Å². The fourth-order valence-corrected chi connectivity index (χ4v) is 1.83. The van der Waals surface area contributed by atoms with Crippen LogP contribution < -0.4 is 10.1 Å².